The van der Waals surface area contributed by atoms with Gasteiger partial charge in [0.1, 0.15) is 17.3 Å². The van der Waals surface area contributed by atoms with Crippen LogP contribution < -0.4 is 14.8 Å². The number of nitrogens with one attached hydrogen (secondary N) is 1. The van der Waals surface area contributed by atoms with Crippen LogP contribution in [-0.4, -0.2) is 17.1 Å². The quantitative estimate of drug-likeness (QED) is 0.741. The first kappa shape index (κ1) is 15.7. The third-order valence-electron chi connectivity index (χ3n) is 3.30. The van der Waals surface area contributed by atoms with Crippen LogP contribution >= 0.6 is 0 Å². The number of hydrogen-bond acceptors (Lipinski definition) is 5. The summed E-state index contributed by atoms with van der Waals surface area (Å²) in [7, 11) is 1.63. The minimum atomic E-state index is -0.316. The summed E-state index contributed by atoms with van der Waals surface area (Å²) in [6, 6.07) is 15.1. The molecule has 0 saturated carbocycles. The molecule has 0 fully saturated rings. The fourth-order valence-electron chi connectivity index (χ4n) is 2.13. The highest BCUT2D eigenvalue weighted by Gasteiger charge is 2.05. The van der Waals surface area contributed by atoms with Crippen molar-refractivity contribution < 1.29 is 13.9 Å². The molecule has 0 aliphatic rings. The molecule has 5 nitrogen and oxygen atoms in total. The summed E-state index contributed by atoms with van der Waals surface area (Å²) >= 11 is 0. The molecule has 122 valence electrons. The lowest BCUT2D eigenvalue weighted by Crippen LogP contribution is -2.05. The van der Waals surface area contributed by atoms with Gasteiger partial charge < -0.3 is 14.8 Å². The van der Waals surface area contributed by atoms with Crippen molar-refractivity contribution in [3.63, 3.8) is 0 Å². The highest BCUT2D eigenvalue weighted by Crippen LogP contribution is 2.21. The normalized spacial score (nSPS) is 10.2. The highest BCUT2D eigenvalue weighted by molar-refractivity contribution is 5.37. The number of rotatable bonds is 6. The third-order valence-corrected chi connectivity index (χ3v) is 3.30. The topological polar surface area (TPSA) is 56.3 Å². The number of nitrogens with zero attached hydrogens (tertiary/aromatic N) is 2. The number of ether oxygens (including phenoxy) is 2. The second-order valence-corrected chi connectivity index (χ2v) is 4.94. The zero-order chi connectivity index (χ0) is 16.8. The van der Waals surface area contributed by atoms with Crippen molar-refractivity contribution in [2.45, 2.75) is 6.54 Å². The van der Waals surface area contributed by atoms with Gasteiger partial charge in [0.2, 0.25) is 11.8 Å². The molecule has 1 N–H and O–H groups in total. The van der Waals surface area contributed by atoms with E-state index in [0.717, 1.165) is 11.3 Å². The Bertz CT molecular complexity index is 809. The molecule has 0 bridgehead atoms. The first-order valence-corrected chi connectivity index (χ1v) is 7.37. The molecule has 0 aliphatic heterocycles. The summed E-state index contributed by atoms with van der Waals surface area (Å²) in [5.74, 6) is 1.79. The van der Waals surface area contributed by atoms with Crippen LogP contribution in [0.5, 0.6) is 17.4 Å². The van der Waals surface area contributed by atoms with Gasteiger partial charge in [0.05, 0.1) is 7.11 Å². The predicted octanol–water partition coefficient (Wildman–Crippen LogP) is 4.03. The van der Waals surface area contributed by atoms with Crippen LogP contribution in [0, 0.1) is 5.82 Å². The van der Waals surface area contributed by atoms with E-state index in [1.807, 2.05) is 24.3 Å². The molecule has 0 atom stereocenters. The van der Waals surface area contributed by atoms with Crippen molar-refractivity contribution in [3.05, 3.63) is 72.2 Å². The third kappa shape index (κ3) is 3.98. The van der Waals surface area contributed by atoms with Crippen molar-refractivity contribution in [1.29, 1.82) is 0 Å². The van der Waals surface area contributed by atoms with Crippen LogP contribution in [0.25, 0.3) is 0 Å². The zero-order valence-corrected chi connectivity index (χ0v) is 13.1. The molecule has 1 heterocycles. The number of methoxy groups -OCH3 is 1. The molecule has 3 aromatic rings. The van der Waals surface area contributed by atoms with Crippen LogP contribution in [0.3, 0.4) is 0 Å². The minimum absolute atomic E-state index is 0.316. The van der Waals surface area contributed by atoms with Crippen LogP contribution in [-0.2, 0) is 6.54 Å². The lowest BCUT2D eigenvalue weighted by atomic mass is 10.2. The fourth-order valence-corrected chi connectivity index (χ4v) is 2.13. The van der Waals surface area contributed by atoms with Gasteiger partial charge in [-0.25, -0.2) is 9.37 Å². The van der Waals surface area contributed by atoms with Gasteiger partial charge in [-0.1, -0.05) is 18.2 Å². The molecule has 24 heavy (non-hydrogen) atoms. The van der Waals surface area contributed by atoms with Gasteiger partial charge in [-0.3, -0.25) is 0 Å². The maximum Gasteiger partial charge on any atom is 0.226 e. The molecule has 0 saturated heterocycles. The average Bonchev–Trinajstić information content (AvgIpc) is 2.62. The summed E-state index contributed by atoms with van der Waals surface area (Å²) < 4.78 is 23.8. The van der Waals surface area contributed by atoms with Gasteiger partial charge in [-0.2, -0.15) is 4.98 Å². The number of hydrogen-bond donors (Lipinski definition) is 1. The Kier molecular flexibility index (Phi) is 4.86. The number of aromatic nitrogens is 2. The number of halogens is 1. The fraction of sp³-hybridized carbons (Fsp3) is 0.111. The molecule has 0 aliphatic carbocycles. The Hall–Kier alpha value is -3.15. The average molecular weight is 325 g/mol. The second kappa shape index (κ2) is 7.41. The van der Waals surface area contributed by atoms with Crippen molar-refractivity contribution in [3.8, 4) is 17.4 Å². The smallest absolute Gasteiger partial charge is 0.226 e. The van der Waals surface area contributed by atoms with Gasteiger partial charge in [0.15, 0.2) is 0 Å². The monoisotopic (exact) mass is 325 g/mol. The lowest BCUT2D eigenvalue weighted by molar-refractivity contribution is 0.410. The first-order valence-electron chi connectivity index (χ1n) is 7.37. The highest BCUT2D eigenvalue weighted by atomic mass is 19.1. The maximum absolute atomic E-state index is 12.9. The Morgan fingerprint density at radius 1 is 1.04 bits per heavy atom. The van der Waals surface area contributed by atoms with Gasteiger partial charge in [-0.05, 0) is 30.3 Å². The summed E-state index contributed by atoms with van der Waals surface area (Å²) in [6.45, 7) is 0.518. The van der Waals surface area contributed by atoms with E-state index in [4.69, 9.17) is 9.47 Å². The van der Waals surface area contributed by atoms with E-state index in [0.29, 0.717) is 24.1 Å². The van der Waals surface area contributed by atoms with Crippen LogP contribution in [0.2, 0.25) is 0 Å². The molecule has 2 aromatic carbocycles. The molecule has 3 rings (SSSR count). The van der Waals surface area contributed by atoms with E-state index in [9.17, 15) is 4.39 Å². The zero-order valence-electron chi connectivity index (χ0n) is 13.1. The maximum atomic E-state index is 12.9. The van der Waals surface area contributed by atoms with Gasteiger partial charge in [0, 0.05) is 24.4 Å². The van der Waals surface area contributed by atoms with Crippen molar-refractivity contribution >= 4 is 5.95 Å². The number of para-hydroxylation sites is 1. The predicted molar refractivity (Wildman–Crippen MR) is 88.8 cm³/mol. The van der Waals surface area contributed by atoms with Crippen molar-refractivity contribution in [1.82, 2.24) is 9.97 Å². The summed E-state index contributed by atoms with van der Waals surface area (Å²) in [5.41, 5.74) is 0.994. The SMILES string of the molecule is COc1ccccc1CNc1nccc(Oc2ccc(F)cc2)n1. The van der Waals surface area contributed by atoms with Crippen molar-refractivity contribution in [2.75, 3.05) is 12.4 Å². The van der Waals surface area contributed by atoms with Crippen LogP contribution in [0.15, 0.2) is 60.8 Å². The molecular formula is C18H16FN3O2. The molecule has 1 aromatic heterocycles. The second-order valence-electron chi connectivity index (χ2n) is 4.94. The van der Waals surface area contributed by atoms with Crippen LogP contribution in [0.4, 0.5) is 10.3 Å². The Morgan fingerprint density at radius 2 is 1.83 bits per heavy atom. The molecular weight excluding hydrogens is 309 g/mol. The van der Waals surface area contributed by atoms with Gasteiger partial charge in [-0.15, -0.1) is 0 Å². The lowest BCUT2D eigenvalue weighted by Gasteiger charge is -2.10. The molecule has 0 unspecified atom stereocenters. The molecule has 0 radical (unpaired) electrons. The first-order chi connectivity index (χ1) is 11.7. The standard InChI is InChI=1S/C18H16FN3O2/c1-23-16-5-3-2-4-13(16)12-21-18-20-11-10-17(22-18)24-15-8-6-14(19)7-9-15/h2-11H,12H2,1H3,(H,20,21,22). The van der Waals surface area contributed by atoms with E-state index in [2.05, 4.69) is 15.3 Å². The Balaban J connectivity index is 1.68. The minimum Gasteiger partial charge on any atom is -0.496 e. The summed E-state index contributed by atoms with van der Waals surface area (Å²) in [4.78, 5) is 8.44. The molecule has 0 spiro atoms. The van der Waals surface area contributed by atoms with E-state index in [-0.39, 0.29) is 5.82 Å². The van der Waals surface area contributed by atoms with Gasteiger partial charge in [0.25, 0.3) is 0 Å². The number of anilines is 1. The van der Waals surface area contributed by atoms with Crippen molar-refractivity contribution in [2.24, 2.45) is 0 Å². The Labute approximate surface area is 139 Å². The van der Waals surface area contributed by atoms with Gasteiger partial charge >= 0.3 is 0 Å². The largest absolute Gasteiger partial charge is 0.496 e. The Morgan fingerprint density at radius 3 is 2.62 bits per heavy atom. The number of benzene rings is 2. The van der Waals surface area contributed by atoms with E-state index < -0.39 is 0 Å². The van der Waals surface area contributed by atoms with E-state index in [1.165, 1.54) is 12.1 Å². The molecule has 0 amide bonds. The van der Waals surface area contributed by atoms with Crippen LogP contribution in [0.1, 0.15) is 5.56 Å². The van der Waals surface area contributed by atoms with E-state index >= 15 is 0 Å². The summed E-state index contributed by atoms with van der Waals surface area (Å²) in [5, 5.41) is 3.13. The molecule has 6 heteroatoms. The summed E-state index contributed by atoms with van der Waals surface area (Å²) in [6.07, 6.45) is 1.59. The van der Waals surface area contributed by atoms with E-state index in [1.54, 1.807) is 31.5 Å².